The second-order valence-corrected chi connectivity index (χ2v) is 16.7. The van der Waals surface area contributed by atoms with E-state index >= 15 is 0 Å². The first-order valence-electron chi connectivity index (χ1n) is 18.3. The Balaban J connectivity index is 1.13. The Morgan fingerprint density at radius 2 is 1.53 bits per heavy atom. The molecule has 2 aromatic rings. The van der Waals surface area contributed by atoms with E-state index in [1.54, 1.807) is 83.5 Å². The van der Waals surface area contributed by atoms with Crippen molar-refractivity contribution < 1.29 is 57.0 Å². The van der Waals surface area contributed by atoms with Crippen LogP contribution in [0.1, 0.15) is 76.7 Å². The van der Waals surface area contributed by atoms with Gasteiger partial charge in [-0.15, -0.1) is 0 Å². The van der Waals surface area contributed by atoms with Crippen molar-refractivity contribution in [3.8, 4) is 11.5 Å². The molecule has 9 atom stereocenters. The molecule has 5 fully saturated rings. The monoisotopic (exact) mass is 728 g/mol. The topological polar surface area (TPSA) is 144 Å². The maximum absolute atomic E-state index is 13.8. The van der Waals surface area contributed by atoms with Crippen LogP contribution in [0.2, 0.25) is 0 Å². The minimum Gasteiger partial charge on any atom is -0.497 e. The molecular formula is C41H44O12. The van der Waals surface area contributed by atoms with Gasteiger partial charge in [-0.25, -0.2) is 14.4 Å². The minimum absolute atomic E-state index is 0.00427. The third kappa shape index (κ3) is 4.55. The van der Waals surface area contributed by atoms with Crippen molar-refractivity contribution in [1.82, 2.24) is 0 Å². The highest BCUT2D eigenvalue weighted by Crippen LogP contribution is 2.83. The molecule has 4 heterocycles. The van der Waals surface area contributed by atoms with Crippen molar-refractivity contribution in [2.75, 3.05) is 14.2 Å². The molecule has 2 saturated carbocycles. The fourth-order valence-electron chi connectivity index (χ4n) is 10.2. The molecule has 12 heteroatoms. The van der Waals surface area contributed by atoms with Crippen LogP contribution in [0, 0.1) is 17.3 Å². The summed E-state index contributed by atoms with van der Waals surface area (Å²) in [6.45, 7) is 11.7. The molecule has 12 nitrogen and oxygen atoms in total. The maximum atomic E-state index is 13.8. The summed E-state index contributed by atoms with van der Waals surface area (Å²) in [5.74, 6) is 0.128. The standard InChI is InChI=1S/C41H44O12/c1-20(2)39-31(51-39)32-41(52-32)38(6)18-17-25-28(26(38)19-27-40(41,50-27)35(39)49-36(44)53-37(3,4)5)30(48-34(25)43)29(21-9-13-23(45-7)14-10-21)47-33(42)22-11-15-24(46-8)16-12-22/h9-16,20,26-27,31-32,35H,17-19H2,1-8H3/b30-29+/t26-,27-,31-,32-,35+,38-,39-,40+,41+/m0/s1. The molecule has 2 spiro atoms. The van der Waals surface area contributed by atoms with Crippen LogP contribution in [-0.4, -0.2) is 79.1 Å². The smallest absolute Gasteiger partial charge is 0.497 e. The summed E-state index contributed by atoms with van der Waals surface area (Å²) < 4.78 is 55.2. The summed E-state index contributed by atoms with van der Waals surface area (Å²) in [5, 5.41) is 0. The number of benzene rings is 2. The first-order chi connectivity index (χ1) is 25.1. The van der Waals surface area contributed by atoms with E-state index in [9.17, 15) is 14.4 Å². The van der Waals surface area contributed by atoms with E-state index < -0.39 is 52.0 Å². The fraction of sp³-hybridized carbons (Fsp3) is 0.537. The number of esters is 2. The lowest BCUT2D eigenvalue weighted by molar-refractivity contribution is -0.133. The van der Waals surface area contributed by atoms with Gasteiger partial charge in [0.1, 0.15) is 40.5 Å². The van der Waals surface area contributed by atoms with Gasteiger partial charge < -0.3 is 42.6 Å². The van der Waals surface area contributed by atoms with Crippen LogP contribution in [0.5, 0.6) is 11.5 Å². The van der Waals surface area contributed by atoms with Gasteiger partial charge in [0.2, 0.25) is 0 Å². The number of cyclic esters (lactones) is 1. The highest BCUT2D eigenvalue weighted by Gasteiger charge is 3.01. The highest BCUT2D eigenvalue weighted by molar-refractivity contribution is 5.99. The van der Waals surface area contributed by atoms with Crippen molar-refractivity contribution in [2.24, 2.45) is 17.3 Å². The number of ether oxygens (including phenoxy) is 9. The van der Waals surface area contributed by atoms with Crippen LogP contribution in [0.25, 0.3) is 5.76 Å². The second kappa shape index (κ2) is 11.1. The van der Waals surface area contributed by atoms with E-state index in [1.807, 2.05) is 0 Å². The minimum atomic E-state index is -0.970. The molecule has 280 valence electrons. The Morgan fingerprint density at radius 1 is 0.887 bits per heavy atom. The number of allylic oxidation sites excluding steroid dienone is 1. The van der Waals surface area contributed by atoms with E-state index in [2.05, 4.69) is 20.8 Å². The average Bonchev–Trinajstić information content (AvgIpc) is 4.04. The Hall–Kier alpha value is -4.39. The molecule has 0 bridgehead atoms. The van der Waals surface area contributed by atoms with E-state index in [0.717, 1.165) is 0 Å². The summed E-state index contributed by atoms with van der Waals surface area (Å²) in [6, 6.07) is 13.6. The lowest BCUT2D eigenvalue weighted by atomic mass is 9.46. The van der Waals surface area contributed by atoms with Crippen molar-refractivity contribution >= 4 is 23.9 Å². The molecule has 9 rings (SSSR count). The zero-order valence-electron chi connectivity index (χ0n) is 31.1. The Kier molecular flexibility index (Phi) is 7.19. The normalized spacial score (nSPS) is 37.8. The SMILES string of the molecule is COc1ccc(C(=O)O/C(=C2/OC(=O)C3=C2[C@@H]2C[C@@H]4O[C@@]45[C@H](OC(=O)OC(C)(C)C)[C@@]4(C(C)C)O[C@H]4[C@@H]4O[C@@]45[C@@]2(C)CC3)c2ccc(OC)cc2)cc1. The second-order valence-electron chi connectivity index (χ2n) is 16.7. The molecule has 0 aromatic heterocycles. The molecule has 0 N–H and O–H groups in total. The zero-order chi connectivity index (χ0) is 37.5. The number of methoxy groups -OCH3 is 2. The molecule has 53 heavy (non-hydrogen) atoms. The van der Waals surface area contributed by atoms with Crippen molar-refractivity contribution in [3.63, 3.8) is 0 Å². The molecule has 0 radical (unpaired) electrons. The van der Waals surface area contributed by atoms with Crippen LogP contribution in [0.4, 0.5) is 4.79 Å². The third-order valence-electron chi connectivity index (χ3n) is 12.7. The predicted molar refractivity (Wildman–Crippen MR) is 186 cm³/mol. The van der Waals surface area contributed by atoms with Gasteiger partial charge in [-0.2, -0.15) is 0 Å². The van der Waals surface area contributed by atoms with Crippen LogP contribution in [0.3, 0.4) is 0 Å². The fourth-order valence-corrected chi connectivity index (χ4v) is 10.2. The molecular weight excluding hydrogens is 684 g/mol. The molecule has 0 unspecified atom stereocenters. The lowest BCUT2D eigenvalue weighted by Gasteiger charge is -2.53. The van der Waals surface area contributed by atoms with Crippen molar-refractivity contribution in [1.29, 1.82) is 0 Å². The van der Waals surface area contributed by atoms with Gasteiger partial charge in [0, 0.05) is 22.1 Å². The summed E-state index contributed by atoms with van der Waals surface area (Å²) in [7, 11) is 3.12. The summed E-state index contributed by atoms with van der Waals surface area (Å²) in [5.41, 5.74) is -1.95. The maximum Gasteiger partial charge on any atom is 0.509 e. The number of carbonyl (C=O) groups excluding carboxylic acids is 3. The lowest BCUT2D eigenvalue weighted by Crippen LogP contribution is -2.70. The summed E-state index contributed by atoms with van der Waals surface area (Å²) >= 11 is 0. The van der Waals surface area contributed by atoms with Gasteiger partial charge in [-0.3, -0.25) is 0 Å². The number of epoxide rings is 3. The molecule has 7 aliphatic rings. The Morgan fingerprint density at radius 3 is 2.13 bits per heavy atom. The van der Waals surface area contributed by atoms with E-state index in [-0.39, 0.29) is 41.7 Å². The highest BCUT2D eigenvalue weighted by atomic mass is 16.8. The van der Waals surface area contributed by atoms with Gasteiger partial charge in [0.25, 0.3) is 0 Å². The van der Waals surface area contributed by atoms with Gasteiger partial charge in [-0.05, 0) is 100 Å². The van der Waals surface area contributed by atoms with Crippen LogP contribution >= 0.6 is 0 Å². The predicted octanol–water partition coefficient (Wildman–Crippen LogP) is 6.31. The average molecular weight is 729 g/mol. The number of carbonyl (C=O) groups is 3. The van der Waals surface area contributed by atoms with Gasteiger partial charge in [0.05, 0.1) is 25.9 Å². The van der Waals surface area contributed by atoms with Crippen LogP contribution in [-0.2, 0) is 38.0 Å². The van der Waals surface area contributed by atoms with Crippen molar-refractivity contribution in [3.05, 3.63) is 76.6 Å². The Bertz CT molecular complexity index is 1990. The first-order valence-corrected chi connectivity index (χ1v) is 18.3. The van der Waals surface area contributed by atoms with E-state index in [1.165, 1.54) is 0 Å². The van der Waals surface area contributed by atoms with E-state index in [4.69, 9.17) is 42.6 Å². The van der Waals surface area contributed by atoms with E-state index in [0.29, 0.717) is 53.0 Å². The number of hydrogen-bond donors (Lipinski definition) is 0. The molecule has 2 aromatic carbocycles. The summed E-state index contributed by atoms with van der Waals surface area (Å²) in [6.07, 6.45) is -1.06. The number of fused-ring (bicyclic) bond motifs is 4. The molecule has 4 aliphatic heterocycles. The summed E-state index contributed by atoms with van der Waals surface area (Å²) in [4.78, 5) is 40.8. The largest absolute Gasteiger partial charge is 0.509 e. The Labute approximate surface area is 307 Å². The molecule has 3 aliphatic carbocycles. The van der Waals surface area contributed by atoms with Gasteiger partial charge in [-0.1, -0.05) is 20.8 Å². The molecule has 0 amide bonds. The van der Waals surface area contributed by atoms with Gasteiger partial charge >= 0.3 is 18.1 Å². The van der Waals surface area contributed by atoms with Crippen LogP contribution < -0.4 is 9.47 Å². The zero-order valence-corrected chi connectivity index (χ0v) is 31.1. The molecule has 3 saturated heterocycles. The van der Waals surface area contributed by atoms with Crippen molar-refractivity contribution in [2.45, 2.75) is 108 Å². The number of rotatable bonds is 7. The third-order valence-corrected chi connectivity index (χ3v) is 12.7. The van der Waals surface area contributed by atoms with Crippen LogP contribution in [0.15, 0.2) is 65.4 Å². The number of hydrogen-bond acceptors (Lipinski definition) is 12. The first kappa shape index (κ1) is 34.4. The quantitative estimate of drug-likeness (QED) is 0.136. The van der Waals surface area contributed by atoms with Gasteiger partial charge in [0.15, 0.2) is 23.2 Å².